The van der Waals surface area contributed by atoms with Crippen LogP contribution in [0.3, 0.4) is 0 Å². The van der Waals surface area contributed by atoms with Crippen molar-refractivity contribution < 1.29 is 29.1 Å². The minimum Gasteiger partial charge on any atom is -0.480 e. The second kappa shape index (κ2) is 11.9. The van der Waals surface area contributed by atoms with E-state index in [1.54, 1.807) is 0 Å². The molecule has 0 radical (unpaired) electrons. The number of rotatable bonds is 12. The maximum Gasteiger partial charge on any atom is 0.326 e. The van der Waals surface area contributed by atoms with Crippen LogP contribution in [0.5, 0.6) is 0 Å². The molecule has 0 aromatic heterocycles. The highest BCUT2D eigenvalue weighted by molar-refractivity contribution is 5.93. The Morgan fingerprint density at radius 2 is 1.39 bits per heavy atom. The normalized spacial score (nSPS) is 15.1. The number of carbonyl (C=O) groups excluding carboxylic acids is 4. The van der Waals surface area contributed by atoms with Gasteiger partial charge in [-0.05, 0) is 32.6 Å². The predicted octanol–water partition coefficient (Wildman–Crippen LogP) is -1.80. The molecule has 4 atom stereocenters. The average molecular weight is 401 g/mol. The van der Waals surface area contributed by atoms with E-state index >= 15 is 0 Å². The van der Waals surface area contributed by atoms with Crippen molar-refractivity contribution in [3.63, 3.8) is 0 Å². The Hall–Kier alpha value is -2.69. The van der Waals surface area contributed by atoms with E-state index in [1.807, 2.05) is 13.8 Å². The molecular formula is C17H31N5O6. The molecule has 4 unspecified atom stereocenters. The summed E-state index contributed by atoms with van der Waals surface area (Å²) >= 11 is 0. The van der Waals surface area contributed by atoms with Gasteiger partial charge < -0.3 is 32.5 Å². The van der Waals surface area contributed by atoms with E-state index in [4.69, 9.17) is 16.6 Å². The van der Waals surface area contributed by atoms with Crippen LogP contribution < -0.4 is 27.4 Å². The number of carboxylic acid groups (broad SMARTS) is 1. The first kappa shape index (κ1) is 25.3. The van der Waals surface area contributed by atoms with Crippen molar-refractivity contribution in [2.75, 3.05) is 0 Å². The van der Waals surface area contributed by atoms with Crippen molar-refractivity contribution in [2.45, 2.75) is 71.1 Å². The molecule has 0 aromatic rings. The van der Waals surface area contributed by atoms with Crippen LogP contribution in [0, 0.1) is 5.92 Å². The first-order chi connectivity index (χ1) is 12.8. The van der Waals surface area contributed by atoms with Crippen LogP contribution in [0.1, 0.15) is 47.0 Å². The number of aliphatic carboxylic acids is 1. The summed E-state index contributed by atoms with van der Waals surface area (Å²) in [6, 6.07) is -4.07. The van der Waals surface area contributed by atoms with Crippen LogP contribution in [0.2, 0.25) is 0 Å². The smallest absolute Gasteiger partial charge is 0.326 e. The molecule has 0 saturated heterocycles. The van der Waals surface area contributed by atoms with Gasteiger partial charge in [0.2, 0.25) is 23.6 Å². The van der Waals surface area contributed by atoms with Crippen LogP contribution in [0.25, 0.3) is 0 Å². The highest BCUT2D eigenvalue weighted by atomic mass is 16.4. The number of nitrogens with one attached hydrogen (secondary N) is 3. The molecule has 0 aliphatic rings. The molecule has 0 aliphatic heterocycles. The summed E-state index contributed by atoms with van der Waals surface area (Å²) in [7, 11) is 0. The molecule has 0 rings (SSSR count). The number of hydrogen-bond acceptors (Lipinski definition) is 6. The molecule has 0 aliphatic carbocycles. The molecule has 160 valence electrons. The van der Waals surface area contributed by atoms with Crippen LogP contribution in [-0.4, -0.2) is 58.9 Å². The summed E-state index contributed by atoms with van der Waals surface area (Å²) in [5, 5.41) is 16.3. The quantitative estimate of drug-likeness (QED) is 0.222. The largest absolute Gasteiger partial charge is 0.480 e. The van der Waals surface area contributed by atoms with Gasteiger partial charge in [-0.15, -0.1) is 0 Å². The third-order valence-electron chi connectivity index (χ3n) is 3.80. The van der Waals surface area contributed by atoms with E-state index < -0.39 is 53.8 Å². The topological polar surface area (TPSA) is 194 Å². The lowest BCUT2D eigenvalue weighted by Gasteiger charge is -2.24. The van der Waals surface area contributed by atoms with Gasteiger partial charge in [-0.1, -0.05) is 13.8 Å². The van der Waals surface area contributed by atoms with Crippen molar-refractivity contribution in [3.8, 4) is 0 Å². The lowest BCUT2D eigenvalue weighted by atomic mass is 10.0. The Bertz CT molecular complexity index is 593. The Morgan fingerprint density at radius 3 is 1.82 bits per heavy atom. The maximum absolute atomic E-state index is 12.5. The summed E-state index contributed by atoms with van der Waals surface area (Å²) in [5.41, 5.74) is 10.5. The number of primary amides is 1. The zero-order valence-corrected chi connectivity index (χ0v) is 16.7. The molecule has 0 saturated carbocycles. The van der Waals surface area contributed by atoms with Gasteiger partial charge in [-0.2, -0.15) is 0 Å². The average Bonchev–Trinajstić information content (AvgIpc) is 2.56. The van der Waals surface area contributed by atoms with Crippen molar-refractivity contribution in [1.82, 2.24) is 16.0 Å². The molecule has 0 aromatic carbocycles. The van der Waals surface area contributed by atoms with E-state index in [1.165, 1.54) is 13.8 Å². The third kappa shape index (κ3) is 9.86. The first-order valence-electron chi connectivity index (χ1n) is 9.02. The molecule has 11 heteroatoms. The second-order valence-electron chi connectivity index (χ2n) is 7.11. The minimum absolute atomic E-state index is 0.0819. The summed E-state index contributed by atoms with van der Waals surface area (Å²) in [6.07, 6.45) is -0.0513. The zero-order valence-electron chi connectivity index (χ0n) is 16.7. The standard InChI is InChI=1S/C17H31N5O6/c1-8(2)7-12(22-14(24)9(3)18)16(26)20-10(4)15(25)21-11(17(27)28)5-6-13(19)23/h8-12H,5-7,18H2,1-4H3,(H2,19,23)(H,20,26)(H,21,25)(H,22,24)(H,27,28). The number of amides is 4. The van der Waals surface area contributed by atoms with E-state index in [-0.39, 0.29) is 18.8 Å². The highest BCUT2D eigenvalue weighted by Crippen LogP contribution is 2.06. The van der Waals surface area contributed by atoms with Gasteiger partial charge in [0.05, 0.1) is 6.04 Å². The molecule has 0 fully saturated rings. The first-order valence-corrected chi connectivity index (χ1v) is 9.02. The Morgan fingerprint density at radius 1 is 0.857 bits per heavy atom. The van der Waals surface area contributed by atoms with Gasteiger partial charge >= 0.3 is 5.97 Å². The Labute approximate surface area is 164 Å². The van der Waals surface area contributed by atoms with Crippen molar-refractivity contribution in [1.29, 1.82) is 0 Å². The van der Waals surface area contributed by atoms with Crippen molar-refractivity contribution in [2.24, 2.45) is 17.4 Å². The van der Waals surface area contributed by atoms with Gasteiger partial charge in [0.15, 0.2) is 0 Å². The summed E-state index contributed by atoms with van der Waals surface area (Å²) in [6.45, 7) is 6.59. The fourth-order valence-electron chi connectivity index (χ4n) is 2.23. The number of nitrogens with two attached hydrogens (primary N) is 2. The van der Waals surface area contributed by atoms with Gasteiger partial charge in [0, 0.05) is 6.42 Å². The van der Waals surface area contributed by atoms with Crippen LogP contribution >= 0.6 is 0 Å². The van der Waals surface area contributed by atoms with Gasteiger partial charge in [0.25, 0.3) is 0 Å². The van der Waals surface area contributed by atoms with Gasteiger partial charge in [-0.3, -0.25) is 19.2 Å². The summed E-state index contributed by atoms with van der Waals surface area (Å²) in [4.78, 5) is 58.5. The van der Waals surface area contributed by atoms with Crippen LogP contribution in [0.15, 0.2) is 0 Å². The number of hydrogen-bond donors (Lipinski definition) is 6. The monoisotopic (exact) mass is 401 g/mol. The predicted molar refractivity (Wildman–Crippen MR) is 101 cm³/mol. The van der Waals surface area contributed by atoms with E-state index in [0.29, 0.717) is 6.42 Å². The fourth-order valence-corrected chi connectivity index (χ4v) is 2.23. The number of carboxylic acids is 1. The summed E-state index contributed by atoms with van der Waals surface area (Å²) < 4.78 is 0. The van der Waals surface area contributed by atoms with Crippen molar-refractivity contribution in [3.05, 3.63) is 0 Å². The lowest BCUT2D eigenvalue weighted by molar-refractivity contribution is -0.142. The third-order valence-corrected chi connectivity index (χ3v) is 3.80. The summed E-state index contributed by atoms with van der Waals surface area (Å²) in [5.74, 6) is -3.77. The molecule has 0 spiro atoms. The fraction of sp³-hybridized carbons (Fsp3) is 0.706. The van der Waals surface area contributed by atoms with Gasteiger partial charge in [0.1, 0.15) is 18.1 Å². The molecule has 0 bridgehead atoms. The second-order valence-corrected chi connectivity index (χ2v) is 7.11. The van der Waals surface area contributed by atoms with Crippen LogP contribution in [0.4, 0.5) is 0 Å². The van der Waals surface area contributed by atoms with E-state index in [0.717, 1.165) is 0 Å². The molecule has 28 heavy (non-hydrogen) atoms. The van der Waals surface area contributed by atoms with Crippen molar-refractivity contribution >= 4 is 29.6 Å². The zero-order chi connectivity index (χ0) is 22.0. The molecule has 4 amide bonds. The molecular weight excluding hydrogens is 370 g/mol. The number of carbonyl (C=O) groups is 5. The molecule has 11 nitrogen and oxygen atoms in total. The van der Waals surface area contributed by atoms with Gasteiger partial charge in [-0.25, -0.2) is 4.79 Å². The van der Waals surface area contributed by atoms with Crippen LogP contribution in [-0.2, 0) is 24.0 Å². The SMILES string of the molecule is CC(C)CC(NC(=O)C(C)N)C(=O)NC(C)C(=O)NC(CCC(N)=O)C(=O)O. The Balaban J connectivity index is 4.95. The van der Waals surface area contributed by atoms with E-state index in [9.17, 15) is 24.0 Å². The molecule has 0 heterocycles. The molecule has 8 N–H and O–H groups in total. The van der Waals surface area contributed by atoms with E-state index in [2.05, 4.69) is 16.0 Å². The Kier molecular flexibility index (Phi) is 10.8. The highest BCUT2D eigenvalue weighted by Gasteiger charge is 2.28. The maximum atomic E-state index is 12.5. The minimum atomic E-state index is -1.32. The lowest BCUT2D eigenvalue weighted by Crippen LogP contribution is -2.56.